The summed E-state index contributed by atoms with van der Waals surface area (Å²) in [6, 6.07) is 10.1. The van der Waals surface area contributed by atoms with Gasteiger partial charge >= 0.3 is 0 Å². The van der Waals surface area contributed by atoms with Crippen LogP contribution in [-0.2, 0) is 11.8 Å². The highest BCUT2D eigenvalue weighted by Gasteiger charge is 2.63. The van der Waals surface area contributed by atoms with E-state index >= 15 is 0 Å². The summed E-state index contributed by atoms with van der Waals surface area (Å²) in [5.41, 5.74) is 1.97. The van der Waals surface area contributed by atoms with Gasteiger partial charge in [-0.05, 0) is 86.4 Å². The number of fused-ring (bicyclic) bond motifs is 1. The molecular formula is C27H33N3O3. The second-order valence-electron chi connectivity index (χ2n) is 10.5. The highest BCUT2D eigenvalue weighted by atomic mass is 16.5. The van der Waals surface area contributed by atoms with Gasteiger partial charge in [-0.15, -0.1) is 0 Å². The SMILES string of the molecule is COc1ccc2c(c1)C13CCN(C(=O)c4cccnc4)CCC1(O)C(C2)N(CC1CC1)CC3. The Morgan fingerprint density at radius 1 is 1.18 bits per heavy atom. The zero-order chi connectivity index (χ0) is 22.6. The van der Waals surface area contributed by atoms with Crippen molar-refractivity contribution in [3.8, 4) is 5.75 Å². The normalized spacial score (nSPS) is 31.3. The third kappa shape index (κ3) is 3.29. The number of piperidine rings is 1. The lowest BCUT2D eigenvalue weighted by atomic mass is 9.52. The van der Waals surface area contributed by atoms with E-state index in [2.05, 4.69) is 28.1 Å². The van der Waals surface area contributed by atoms with Crippen molar-refractivity contribution in [1.82, 2.24) is 14.8 Å². The largest absolute Gasteiger partial charge is 0.497 e. The fourth-order valence-corrected chi connectivity index (χ4v) is 6.86. The number of hydrogen-bond acceptors (Lipinski definition) is 5. The summed E-state index contributed by atoms with van der Waals surface area (Å²) in [6.07, 6.45) is 9.11. The van der Waals surface area contributed by atoms with Crippen LogP contribution in [0.1, 0.15) is 53.6 Å². The van der Waals surface area contributed by atoms with Crippen LogP contribution in [0.25, 0.3) is 0 Å². The number of benzene rings is 1. The van der Waals surface area contributed by atoms with E-state index in [-0.39, 0.29) is 17.4 Å². The third-order valence-electron chi connectivity index (χ3n) is 8.85. The van der Waals surface area contributed by atoms with Crippen molar-refractivity contribution in [2.75, 3.05) is 33.3 Å². The molecule has 174 valence electrons. The van der Waals surface area contributed by atoms with Crippen LogP contribution < -0.4 is 4.74 Å². The van der Waals surface area contributed by atoms with Gasteiger partial charge in [0.25, 0.3) is 5.91 Å². The maximum atomic E-state index is 13.3. The lowest BCUT2D eigenvalue weighted by Gasteiger charge is -2.61. The molecule has 0 radical (unpaired) electrons. The Hall–Kier alpha value is -2.44. The van der Waals surface area contributed by atoms with E-state index in [1.165, 1.54) is 24.0 Å². The van der Waals surface area contributed by atoms with Crippen LogP contribution in [0.2, 0.25) is 0 Å². The van der Waals surface area contributed by atoms with E-state index in [1.54, 1.807) is 19.5 Å². The van der Waals surface area contributed by atoms with Gasteiger partial charge in [-0.1, -0.05) is 6.07 Å². The fraction of sp³-hybridized carbons (Fsp3) is 0.556. The zero-order valence-corrected chi connectivity index (χ0v) is 19.4. The number of nitrogens with zero attached hydrogens (tertiary/aromatic N) is 3. The first-order valence-electron chi connectivity index (χ1n) is 12.4. The van der Waals surface area contributed by atoms with E-state index < -0.39 is 5.60 Å². The van der Waals surface area contributed by atoms with E-state index in [0.29, 0.717) is 25.1 Å². The van der Waals surface area contributed by atoms with Gasteiger partial charge in [-0.25, -0.2) is 0 Å². The van der Waals surface area contributed by atoms with Gasteiger partial charge in [0.1, 0.15) is 5.75 Å². The van der Waals surface area contributed by atoms with Gasteiger partial charge in [0, 0.05) is 43.5 Å². The van der Waals surface area contributed by atoms with Crippen LogP contribution in [0.3, 0.4) is 0 Å². The molecule has 1 aromatic carbocycles. The zero-order valence-electron chi connectivity index (χ0n) is 19.4. The highest BCUT2D eigenvalue weighted by molar-refractivity contribution is 5.93. The fourth-order valence-electron chi connectivity index (χ4n) is 6.86. The minimum Gasteiger partial charge on any atom is -0.497 e. The van der Waals surface area contributed by atoms with Crippen LogP contribution >= 0.6 is 0 Å². The van der Waals surface area contributed by atoms with E-state index in [4.69, 9.17) is 4.74 Å². The van der Waals surface area contributed by atoms with Crippen LogP contribution in [0.5, 0.6) is 5.75 Å². The summed E-state index contributed by atoms with van der Waals surface area (Å²) >= 11 is 0. The molecule has 2 saturated heterocycles. The number of carbonyl (C=O) groups excluding carboxylic acids is 1. The lowest BCUT2D eigenvalue weighted by molar-refractivity contribution is -0.149. The van der Waals surface area contributed by atoms with Crippen molar-refractivity contribution < 1.29 is 14.6 Å². The van der Waals surface area contributed by atoms with Crippen molar-refractivity contribution in [3.05, 3.63) is 59.4 Å². The van der Waals surface area contributed by atoms with Crippen molar-refractivity contribution in [1.29, 1.82) is 0 Å². The van der Waals surface area contributed by atoms with Crippen molar-refractivity contribution in [2.45, 2.75) is 55.6 Å². The molecule has 2 aliphatic heterocycles. The van der Waals surface area contributed by atoms with Gasteiger partial charge in [0.2, 0.25) is 0 Å². The van der Waals surface area contributed by atoms with Gasteiger partial charge in [-0.2, -0.15) is 0 Å². The number of hydrogen-bond donors (Lipinski definition) is 1. The highest BCUT2D eigenvalue weighted by Crippen LogP contribution is 2.56. The number of carbonyl (C=O) groups is 1. The molecule has 3 heterocycles. The molecule has 6 rings (SSSR count). The minimum absolute atomic E-state index is 0.0111. The molecule has 3 fully saturated rings. The number of aliphatic hydroxyl groups is 1. The first-order chi connectivity index (χ1) is 16.0. The number of likely N-dealkylation sites (tertiary alicyclic amines) is 2. The topological polar surface area (TPSA) is 65.9 Å². The van der Waals surface area contributed by atoms with Crippen molar-refractivity contribution >= 4 is 5.91 Å². The minimum atomic E-state index is -0.858. The van der Waals surface area contributed by atoms with Gasteiger partial charge in [0.15, 0.2) is 0 Å². The summed E-state index contributed by atoms with van der Waals surface area (Å²) in [5, 5.41) is 12.6. The molecule has 2 aromatic rings. The molecule has 1 aromatic heterocycles. The van der Waals surface area contributed by atoms with E-state index in [9.17, 15) is 9.90 Å². The molecule has 6 nitrogen and oxygen atoms in total. The smallest absolute Gasteiger partial charge is 0.255 e. The maximum absolute atomic E-state index is 13.3. The monoisotopic (exact) mass is 447 g/mol. The van der Waals surface area contributed by atoms with Gasteiger partial charge in [0.05, 0.1) is 18.3 Å². The average Bonchev–Trinajstić information content (AvgIpc) is 3.67. The van der Waals surface area contributed by atoms with E-state index in [1.807, 2.05) is 17.0 Å². The molecule has 1 saturated carbocycles. The van der Waals surface area contributed by atoms with Crippen LogP contribution in [0.4, 0.5) is 0 Å². The predicted octanol–water partition coefficient (Wildman–Crippen LogP) is 3.04. The molecule has 33 heavy (non-hydrogen) atoms. The Morgan fingerprint density at radius 3 is 2.76 bits per heavy atom. The molecule has 3 atom stereocenters. The number of ether oxygens (including phenoxy) is 1. The molecule has 2 bridgehead atoms. The molecule has 0 spiro atoms. The average molecular weight is 448 g/mol. The predicted molar refractivity (Wildman–Crippen MR) is 125 cm³/mol. The van der Waals surface area contributed by atoms with Crippen LogP contribution in [0.15, 0.2) is 42.7 Å². The summed E-state index contributed by atoms with van der Waals surface area (Å²) in [6.45, 7) is 3.31. The van der Waals surface area contributed by atoms with E-state index in [0.717, 1.165) is 44.0 Å². The van der Waals surface area contributed by atoms with Crippen LogP contribution in [-0.4, -0.2) is 70.7 Å². The van der Waals surface area contributed by atoms with Gasteiger partial charge < -0.3 is 14.7 Å². The van der Waals surface area contributed by atoms with Crippen molar-refractivity contribution in [2.24, 2.45) is 5.92 Å². The first kappa shape index (κ1) is 21.1. The molecule has 2 aliphatic carbocycles. The quantitative estimate of drug-likeness (QED) is 0.781. The van der Waals surface area contributed by atoms with Crippen LogP contribution in [0, 0.1) is 5.92 Å². The number of rotatable bonds is 4. The Morgan fingerprint density at radius 2 is 2.00 bits per heavy atom. The Bertz CT molecular complexity index is 1060. The Labute approximate surface area is 195 Å². The van der Waals surface area contributed by atoms with Crippen molar-refractivity contribution in [3.63, 3.8) is 0 Å². The molecule has 1 amide bonds. The molecule has 3 unspecified atom stereocenters. The summed E-state index contributed by atoms with van der Waals surface area (Å²) in [7, 11) is 1.71. The number of methoxy groups -OCH3 is 1. The summed E-state index contributed by atoms with van der Waals surface area (Å²) in [4.78, 5) is 21.9. The Kier molecular flexibility index (Phi) is 5.00. The summed E-state index contributed by atoms with van der Waals surface area (Å²) < 4.78 is 5.59. The number of aromatic nitrogens is 1. The number of amides is 1. The number of pyridine rings is 1. The summed E-state index contributed by atoms with van der Waals surface area (Å²) in [5.74, 6) is 1.64. The lowest BCUT2D eigenvalue weighted by Crippen LogP contribution is -2.71. The second kappa shape index (κ2) is 7.81. The standard InChI is InChI=1S/C27H33N3O3/c1-33-22-7-6-20-15-24-27(32)10-14-29(25(31)21-3-2-11-28-17-21)12-8-26(27,23(20)16-22)9-13-30(24)18-19-4-5-19/h2-3,6-7,11,16-17,19,24,32H,4-5,8-10,12-15,18H2,1H3. The van der Waals surface area contributed by atoms with Gasteiger partial charge in [-0.3, -0.25) is 14.7 Å². The molecular weight excluding hydrogens is 414 g/mol. The molecule has 1 N–H and O–H groups in total. The molecule has 4 aliphatic rings. The molecule has 6 heteroatoms. The third-order valence-corrected chi connectivity index (χ3v) is 8.85. The Balaban J connectivity index is 1.40. The maximum Gasteiger partial charge on any atom is 0.255 e. The second-order valence-corrected chi connectivity index (χ2v) is 10.5. The first-order valence-corrected chi connectivity index (χ1v) is 12.4.